The monoisotopic (exact) mass is 458 g/mol. The molecule has 160 valence electrons. The molecule has 10 heteroatoms. The van der Waals surface area contributed by atoms with Crippen LogP contribution in [-0.4, -0.2) is 39.2 Å². The summed E-state index contributed by atoms with van der Waals surface area (Å²) >= 11 is 6.04. The fraction of sp³-hybridized carbons (Fsp3) is 0.0952. The molecule has 3 rings (SSSR count). The number of methoxy groups -OCH3 is 1. The number of benzene rings is 2. The van der Waals surface area contributed by atoms with Gasteiger partial charge in [0.15, 0.2) is 0 Å². The maximum atomic E-state index is 13.3. The SMILES string of the molecule is COc1ccc(S(=O)(=O)N(CC(=O)N/N=C\c2cccnc2)c2cccc(Cl)c2)cc1. The molecule has 8 nitrogen and oxygen atoms in total. The van der Waals surface area contributed by atoms with Gasteiger partial charge in [-0.2, -0.15) is 5.10 Å². The zero-order valence-corrected chi connectivity index (χ0v) is 18.0. The highest BCUT2D eigenvalue weighted by molar-refractivity contribution is 7.92. The average Bonchev–Trinajstić information content (AvgIpc) is 2.78. The number of carbonyl (C=O) groups excluding carboxylic acids is 1. The van der Waals surface area contributed by atoms with Crippen molar-refractivity contribution in [1.29, 1.82) is 0 Å². The smallest absolute Gasteiger partial charge is 0.264 e. The Morgan fingerprint density at radius 3 is 2.61 bits per heavy atom. The number of hydrazone groups is 1. The van der Waals surface area contributed by atoms with E-state index in [1.54, 1.807) is 42.7 Å². The predicted octanol–water partition coefficient (Wildman–Crippen LogP) is 3.09. The molecule has 0 saturated heterocycles. The number of nitrogens with zero attached hydrogens (tertiary/aromatic N) is 3. The van der Waals surface area contributed by atoms with Gasteiger partial charge in [-0.25, -0.2) is 13.8 Å². The van der Waals surface area contributed by atoms with Gasteiger partial charge in [0.2, 0.25) is 0 Å². The van der Waals surface area contributed by atoms with E-state index in [4.69, 9.17) is 16.3 Å². The second-order valence-electron chi connectivity index (χ2n) is 6.25. The van der Waals surface area contributed by atoms with Gasteiger partial charge in [-0.05, 0) is 48.5 Å². The molecule has 31 heavy (non-hydrogen) atoms. The Balaban J connectivity index is 1.85. The van der Waals surface area contributed by atoms with Crippen molar-refractivity contribution in [2.45, 2.75) is 4.90 Å². The Morgan fingerprint density at radius 2 is 1.97 bits per heavy atom. The maximum absolute atomic E-state index is 13.3. The van der Waals surface area contributed by atoms with Crippen molar-refractivity contribution < 1.29 is 17.9 Å². The molecule has 0 aliphatic carbocycles. The average molecular weight is 459 g/mol. The molecule has 1 aromatic heterocycles. The van der Waals surface area contributed by atoms with E-state index in [-0.39, 0.29) is 10.6 Å². The van der Waals surface area contributed by atoms with Crippen molar-refractivity contribution in [2.24, 2.45) is 5.10 Å². The molecule has 0 unspecified atom stereocenters. The van der Waals surface area contributed by atoms with Crippen LogP contribution in [0.25, 0.3) is 0 Å². The van der Waals surface area contributed by atoms with E-state index in [0.29, 0.717) is 16.3 Å². The van der Waals surface area contributed by atoms with Gasteiger partial charge < -0.3 is 4.74 Å². The van der Waals surface area contributed by atoms with Crippen molar-refractivity contribution in [3.8, 4) is 5.75 Å². The third kappa shape index (κ3) is 5.80. The fourth-order valence-electron chi connectivity index (χ4n) is 2.62. The number of pyridine rings is 1. The zero-order valence-electron chi connectivity index (χ0n) is 16.5. The normalized spacial score (nSPS) is 11.3. The van der Waals surface area contributed by atoms with Crippen LogP contribution in [0.3, 0.4) is 0 Å². The largest absolute Gasteiger partial charge is 0.497 e. The summed E-state index contributed by atoms with van der Waals surface area (Å²) in [6.07, 6.45) is 4.59. The van der Waals surface area contributed by atoms with Crippen LogP contribution in [0.15, 0.2) is 83.1 Å². The van der Waals surface area contributed by atoms with Crippen molar-refractivity contribution in [1.82, 2.24) is 10.4 Å². The molecule has 0 bridgehead atoms. The number of anilines is 1. The van der Waals surface area contributed by atoms with Gasteiger partial charge in [0.1, 0.15) is 12.3 Å². The van der Waals surface area contributed by atoms with Gasteiger partial charge in [-0.3, -0.25) is 14.1 Å². The molecule has 3 aromatic rings. The van der Waals surface area contributed by atoms with Gasteiger partial charge in [0.25, 0.3) is 15.9 Å². The molecule has 0 spiro atoms. The van der Waals surface area contributed by atoms with Gasteiger partial charge in [-0.1, -0.05) is 23.7 Å². The van der Waals surface area contributed by atoms with Gasteiger partial charge in [-0.15, -0.1) is 0 Å². The number of amides is 1. The summed E-state index contributed by atoms with van der Waals surface area (Å²) in [7, 11) is -2.59. The molecular formula is C21H19ClN4O4S. The molecule has 1 heterocycles. The number of halogens is 1. The number of aromatic nitrogens is 1. The van der Waals surface area contributed by atoms with Crippen molar-refractivity contribution in [2.75, 3.05) is 18.0 Å². The maximum Gasteiger partial charge on any atom is 0.264 e. The Labute approximate surface area is 185 Å². The van der Waals surface area contributed by atoms with Crippen LogP contribution in [-0.2, 0) is 14.8 Å². The number of rotatable bonds is 8. The highest BCUT2D eigenvalue weighted by atomic mass is 35.5. The van der Waals surface area contributed by atoms with Gasteiger partial charge >= 0.3 is 0 Å². The van der Waals surface area contributed by atoms with Crippen LogP contribution >= 0.6 is 11.6 Å². The van der Waals surface area contributed by atoms with Crippen LogP contribution in [0.5, 0.6) is 5.75 Å². The van der Waals surface area contributed by atoms with Crippen LogP contribution in [0.1, 0.15) is 5.56 Å². The fourth-order valence-corrected chi connectivity index (χ4v) is 4.22. The van der Waals surface area contributed by atoms with E-state index in [1.165, 1.54) is 43.7 Å². The van der Waals surface area contributed by atoms with E-state index in [0.717, 1.165) is 4.31 Å². The summed E-state index contributed by atoms with van der Waals surface area (Å²) in [6, 6.07) is 15.6. The van der Waals surface area contributed by atoms with E-state index in [1.807, 2.05) is 0 Å². The second-order valence-corrected chi connectivity index (χ2v) is 8.55. The Morgan fingerprint density at radius 1 is 1.19 bits per heavy atom. The molecule has 1 amide bonds. The standard InChI is InChI=1S/C21H19ClN4O4S/c1-30-19-7-9-20(10-8-19)31(28,29)26(18-6-2-5-17(22)12-18)15-21(27)25-24-14-16-4-3-11-23-13-16/h2-14H,15H2,1H3,(H,25,27)/b24-14-. The lowest BCUT2D eigenvalue weighted by atomic mass is 10.3. The Hall–Kier alpha value is -3.43. The van der Waals surface area contributed by atoms with E-state index >= 15 is 0 Å². The first kappa shape index (κ1) is 22.3. The summed E-state index contributed by atoms with van der Waals surface area (Å²) in [6.45, 7) is -0.501. The first-order valence-electron chi connectivity index (χ1n) is 9.04. The van der Waals surface area contributed by atoms with Crippen LogP contribution in [0.4, 0.5) is 5.69 Å². The predicted molar refractivity (Wildman–Crippen MR) is 119 cm³/mol. The molecule has 0 fully saturated rings. The van der Waals surface area contributed by atoms with Gasteiger partial charge in [0, 0.05) is 23.0 Å². The third-order valence-corrected chi connectivity index (χ3v) is 6.14. The van der Waals surface area contributed by atoms with Crippen LogP contribution in [0.2, 0.25) is 5.02 Å². The molecule has 0 aliphatic rings. The lowest BCUT2D eigenvalue weighted by Crippen LogP contribution is -2.39. The second kappa shape index (κ2) is 10.1. The Bertz CT molecular complexity index is 1170. The summed E-state index contributed by atoms with van der Waals surface area (Å²) in [5, 5.41) is 4.19. The summed E-state index contributed by atoms with van der Waals surface area (Å²) < 4.78 is 32.6. The van der Waals surface area contributed by atoms with Gasteiger partial charge in [0.05, 0.1) is 23.9 Å². The molecule has 1 N–H and O–H groups in total. The highest BCUT2D eigenvalue weighted by Gasteiger charge is 2.27. The highest BCUT2D eigenvalue weighted by Crippen LogP contribution is 2.27. The lowest BCUT2D eigenvalue weighted by Gasteiger charge is -2.24. The molecule has 0 saturated carbocycles. The molecular weight excluding hydrogens is 440 g/mol. The molecule has 0 aliphatic heterocycles. The van der Waals surface area contributed by atoms with E-state index in [2.05, 4.69) is 15.5 Å². The Kier molecular flexibility index (Phi) is 7.22. The minimum Gasteiger partial charge on any atom is -0.497 e. The molecule has 0 radical (unpaired) electrons. The topological polar surface area (TPSA) is 101 Å². The van der Waals surface area contributed by atoms with Crippen molar-refractivity contribution in [3.05, 3.63) is 83.6 Å². The number of hydrogen-bond donors (Lipinski definition) is 1. The van der Waals surface area contributed by atoms with Crippen LogP contribution in [0, 0.1) is 0 Å². The number of hydrogen-bond acceptors (Lipinski definition) is 6. The van der Waals surface area contributed by atoms with E-state index in [9.17, 15) is 13.2 Å². The number of sulfonamides is 1. The quantitative estimate of drug-likeness (QED) is 0.413. The summed E-state index contributed by atoms with van der Waals surface area (Å²) in [5.74, 6) is -0.118. The van der Waals surface area contributed by atoms with Crippen molar-refractivity contribution in [3.63, 3.8) is 0 Å². The third-order valence-electron chi connectivity index (χ3n) is 4.12. The van der Waals surface area contributed by atoms with E-state index < -0.39 is 22.5 Å². The number of nitrogens with one attached hydrogen (secondary N) is 1. The summed E-state index contributed by atoms with van der Waals surface area (Å²) in [4.78, 5) is 16.4. The molecule has 0 atom stereocenters. The first-order valence-corrected chi connectivity index (χ1v) is 10.9. The lowest BCUT2D eigenvalue weighted by molar-refractivity contribution is -0.119. The number of carbonyl (C=O) groups is 1. The molecule has 2 aromatic carbocycles. The first-order chi connectivity index (χ1) is 14.9. The minimum absolute atomic E-state index is 0.0000586. The van der Waals surface area contributed by atoms with Crippen molar-refractivity contribution >= 4 is 39.4 Å². The number of ether oxygens (including phenoxy) is 1. The minimum atomic E-state index is -4.07. The summed E-state index contributed by atoms with van der Waals surface area (Å²) in [5.41, 5.74) is 3.26. The zero-order chi connectivity index (χ0) is 22.3. The van der Waals surface area contributed by atoms with Crippen LogP contribution < -0.4 is 14.5 Å².